The lowest BCUT2D eigenvalue weighted by molar-refractivity contribution is -0.383. The predicted octanol–water partition coefficient (Wildman–Crippen LogP) is 4.75. The molecule has 0 fully saturated rings. The number of aryl methyl sites for hydroxylation is 1. The van der Waals surface area contributed by atoms with Gasteiger partial charge in [0.15, 0.2) is 0 Å². The van der Waals surface area contributed by atoms with E-state index in [1.807, 2.05) is 13.0 Å². The number of hydrogen-bond donors (Lipinski definition) is 2. The average Bonchev–Trinajstić information content (AvgIpc) is 2.71. The van der Waals surface area contributed by atoms with Crippen molar-refractivity contribution in [1.29, 1.82) is 0 Å². The number of aromatic nitrogens is 3. The Bertz CT molecular complexity index is 978. The van der Waals surface area contributed by atoms with Gasteiger partial charge in [0.1, 0.15) is 17.9 Å². The Morgan fingerprint density at radius 2 is 1.76 bits per heavy atom. The molecular formula is C20H22N6O3. The SMILES string of the molecule is CCCCOc1ccc(Nc2ncnc(Nc3ncccc3C)c2[N+](=O)[O-])cc1. The van der Waals surface area contributed by atoms with Crippen molar-refractivity contribution < 1.29 is 9.66 Å². The van der Waals surface area contributed by atoms with E-state index in [9.17, 15) is 10.1 Å². The van der Waals surface area contributed by atoms with E-state index >= 15 is 0 Å². The Kier molecular flexibility index (Phi) is 6.51. The van der Waals surface area contributed by atoms with E-state index in [1.54, 1.807) is 36.5 Å². The Hall–Kier alpha value is -3.75. The van der Waals surface area contributed by atoms with Crippen molar-refractivity contribution >= 4 is 28.8 Å². The van der Waals surface area contributed by atoms with Gasteiger partial charge in [-0.1, -0.05) is 19.4 Å². The van der Waals surface area contributed by atoms with Crippen LogP contribution in [0.2, 0.25) is 0 Å². The fourth-order valence-electron chi connectivity index (χ4n) is 2.57. The third-order valence-corrected chi connectivity index (χ3v) is 4.13. The van der Waals surface area contributed by atoms with Gasteiger partial charge >= 0.3 is 5.69 Å². The molecule has 29 heavy (non-hydrogen) atoms. The molecule has 0 aliphatic carbocycles. The van der Waals surface area contributed by atoms with Gasteiger partial charge in [-0.3, -0.25) is 10.1 Å². The Morgan fingerprint density at radius 3 is 2.41 bits per heavy atom. The van der Waals surface area contributed by atoms with E-state index in [2.05, 4.69) is 32.5 Å². The smallest absolute Gasteiger partial charge is 0.353 e. The zero-order valence-corrected chi connectivity index (χ0v) is 16.3. The lowest BCUT2D eigenvalue weighted by atomic mass is 10.2. The molecule has 2 heterocycles. The van der Waals surface area contributed by atoms with Gasteiger partial charge in [-0.05, 0) is 49.2 Å². The van der Waals surface area contributed by atoms with E-state index < -0.39 is 4.92 Å². The van der Waals surface area contributed by atoms with Crippen LogP contribution in [-0.4, -0.2) is 26.5 Å². The number of unbranched alkanes of at least 4 members (excludes halogenated alkanes) is 1. The lowest BCUT2D eigenvalue weighted by Gasteiger charge is -2.11. The van der Waals surface area contributed by atoms with Gasteiger partial charge in [0.2, 0.25) is 11.6 Å². The number of ether oxygens (including phenoxy) is 1. The third kappa shape index (κ3) is 5.16. The highest BCUT2D eigenvalue weighted by Crippen LogP contribution is 2.33. The topological polar surface area (TPSA) is 115 Å². The maximum absolute atomic E-state index is 11.7. The quantitative estimate of drug-likeness (QED) is 0.303. The molecule has 0 bridgehead atoms. The second kappa shape index (κ2) is 9.45. The van der Waals surface area contributed by atoms with Gasteiger partial charge in [-0.2, -0.15) is 0 Å². The van der Waals surface area contributed by atoms with E-state index in [0.29, 0.717) is 18.1 Å². The van der Waals surface area contributed by atoms with E-state index in [-0.39, 0.29) is 17.3 Å². The molecule has 0 unspecified atom stereocenters. The molecule has 0 saturated heterocycles. The highest BCUT2D eigenvalue weighted by molar-refractivity contribution is 5.76. The van der Waals surface area contributed by atoms with Gasteiger partial charge in [-0.25, -0.2) is 15.0 Å². The second-order valence-corrected chi connectivity index (χ2v) is 6.32. The van der Waals surface area contributed by atoms with Gasteiger partial charge in [0, 0.05) is 11.9 Å². The van der Waals surface area contributed by atoms with Crippen molar-refractivity contribution in [3.05, 3.63) is 64.6 Å². The molecule has 9 heteroatoms. The Balaban J connectivity index is 1.82. The molecule has 2 aromatic heterocycles. The molecule has 0 radical (unpaired) electrons. The van der Waals surface area contributed by atoms with Gasteiger partial charge in [-0.15, -0.1) is 0 Å². The van der Waals surface area contributed by atoms with Crippen LogP contribution in [0.15, 0.2) is 48.9 Å². The zero-order chi connectivity index (χ0) is 20.6. The lowest BCUT2D eigenvalue weighted by Crippen LogP contribution is -2.06. The van der Waals surface area contributed by atoms with Crippen LogP contribution in [0.5, 0.6) is 5.75 Å². The Morgan fingerprint density at radius 1 is 1.03 bits per heavy atom. The van der Waals surface area contributed by atoms with Crippen molar-refractivity contribution in [2.45, 2.75) is 26.7 Å². The van der Waals surface area contributed by atoms with Crippen molar-refractivity contribution in [3.8, 4) is 5.75 Å². The molecular weight excluding hydrogens is 372 g/mol. The third-order valence-electron chi connectivity index (χ3n) is 4.13. The molecule has 3 aromatic rings. The summed E-state index contributed by atoms with van der Waals surface area (Å²) in [7, 11) is 0. The standard InChI is InChI=1S/C20H22N6O3/c1-3-4-12-29-16-9-7-15(8-10-16)24-19-17(26(27)28)20(23-13-22-19)25-18-14(2)6-5-11-21-18/h5-11,13H,3-4,12H2,1-2H3,(H2,21,22,23,24,25). The highest BCUT2D eigenvalue weighted by atomic mass is 16.6. The van der Waals surface area contributed by atoms with Crippen molar-refractivity contribution in [2.24, 2.45) is 0 Å². The molecule has 0 atom stereocenters. The number of rotatable bonds is 9. The molecule has 3 rings (SSSR count). The van der Waals surface area contributed by atoms with Gasteiger partial charge in [0.05, 0.1) is 11.5 Å². The van der Waals surface area contributed by atoms with Crippen molar-refractivity contribution in [1.82, 2.24) is 15.0 Å². The van der Waals surface area contributed by atoms with E-state index in [0.717, 1.165) is 24.2 Å². The zero-order valence-electron chi connectivity index (χ0n) is 16.3. The van der Waals surface area contributed by atoms with Crippen LogP contribution in [0.4, 0.5) is 28.8 Å². The van der Waals surface area contributed by atoms with Crippen molar-refractivity contribution in [3.63, 3.8) is 0 Å². The number of nitrogens with zero attached hydrogens (tertiary/aromatic N) is 4. The second-order valence-electron chi connectivity index (χ2n) is 6.32. The van der Waals surface area contributed by atoms with Gasteiger partial charge < -0.3 is 15.4 Å². The van der Waals surface area contributed by atoms with Crippen LogP contribution in [0.1, 0.15) is 25.3 Å². The summed E-state index contributed by atoms with van der Waals surface area (Å²) in [6, 6.07) is 10.8. The van der Waals surface area contributed by atoms with E-state index in [1.165, 1.54) is 6.33 Å². The molecule has 0 spiro atoms. The molecule has 0 aliphatic heterocycles. The maximum atomic E-state index is 11.7. The van der Waals surface area contributed by atoms with Crippen LogP contribution in [0.25, 0.3) is 0 Å². The van der Waals surface area contributed by atoms with Crippen LogP contribution < -0.4 is 15.4 Å². The van der Waals surface area contributed by atoms with Crippen molar-refractivity contribution in [2.75, 3.05) is 17.2 Å². The molecule has 0 aliphatic rings. The van der Waals surface area contributed by atoms with E-state index in [4.69, 9.17) is 4.74 Å². The summed E-state index contributed by atoms with van der Waals surface area (Å²) >= 11 is 0. The van der Waals surface area contributed by atoms with Crippen LogP contribution in [0, 0.1) is 17.0 Å². The molecule has 2 N–H and O–H groups in total. The first-order chi connectivity index (χ1) is 14.1. The fourth-order valence-corrected chi connectivity index (χ4v) is 2.57. The molecule has 1 aromatic carbocycles. The largest absolute Gasteiger partial charge is 0.494 e. The van der Waals surface area contributed by atoms with Crippen LogP contribution >= 0.6 is 0 Å². The minimum Gasteiger partial charge on any atom is -0.494 e. The summed E-state index contributed by atoms with van der Waals surface area (Å²) in [5.74, 6) is 1.39. The number of anilines is 4. The maximum Gasteiger partial charge on any atom is 0.353 e. The monoisotopic (exact) mass is 394 g/mol. The fraction of sp³-hybridized carbons (Fsp3) is 0.250. The van der Waals surface area contributed by atoms with Crippen LogP contribution in [-0.2, 0) is 0 Å². The summed E-state index contributed by atoms with van der Waals surface area (Å²) < 4.78 is 5.63. The molecule has 9 nitrogen and oxygen atoms in total. The predicted molar refractivity (Wildman–Crippen MR) is 111 cm³/mol. The number of benzene rings is 1. The average molecular weight is 394 g/mol. The normalized spacial score (nSPS) is 10.4. The Labute approximate surface area is 168 Å². The summed E-state index contributed by atoms with van der Waals surface area (Å²) in [5.41, 5.74) is 1.23. The first kappa shape index (κ1) is 20.0. The number of nitrogens with one attached hydrogen (secondary N) is 2. The molecule has 0 saturated carbocycles. The summed E-state index contributed by atoms with van der Waals surface area (Å²) in [6.07, 6.45) is 4.91. The number of nitro groups is 1. The first-order valence-electron chi connectivity index (χ1n) is 9.26. The summed E-state index contributed by atoms with van der Waals surface area (Å²) in [5, 5.41) is 17.6. The van der Waals surface area contributed by atoms with Crippen LogP contribution in [0.3, 0.4) is 0 Å². The highest BCUT2D eigenvalue weighted by Gasteiger charge is 2.24. The number of pyridine rings is 1. The molecule has 0 amide bonds. The minimum atomic E-state index is -0.523. The summed E-state index contributed by atoms with van der Waals surface area (Å²) in [6.45, 7) is 4.61. The summed E-state index contributed by atoms with van der Waals surface area (Å²) in [4.78, 5) is 23.5. The molecule has 150 valence electrons. The minimum absolute atomic E-state index is 0.0637. The number of hydrogen-bond acceptors (Lipinski definition) is 8. The van der Waals surface area contributed by atoms with Gasteiger partial charge in [0.25, 0.3) is 0 Å². The first-order valence-corrected chi connectivity index (χ1v) is 9.26.